The van der Waals surface area contributed by atoms with Gasteiger partial charge in [0.2, 0.25) is 5.91 Å². The van der Waals surface area contributed by atoms with Crippen LogP contribution in [0.15, 0.2) is 30.3 Å². The summed E-state index contributed by atoms with van der Waals surface area (Å²) in [7, 11) is 0. The number of amides is 2. The Kier molecular flexibility index (Phi) is 8.77. The fourth-order valence-corrected chi connectivity index (χ4v) is 3.67. The van der Waals surface area contributed by atoms with E-state index < -0.39 is 6.04 Å². The SMILES string of the molecule is CSCCC(NC(=O)COc1ccccc1)C(=O)NC1CCCC1CN. The maximum absolute atomic E-state index is 12.7. The van der Waals surface area contributed by atoms with Gasteiger partial charge in [0.05, 0.1) is 0 Å². The second-order valence-corrected chi connectivity index (χ2v) is 7.53. The zero-order chi connectivity index (χ0) is 18.8. The van der Waals surface area contributed by atoms with E-state index in [0.29, 0.717) is 24.6 Å². The summed E-state index contributed by atoms with van der Waals surface area (Å²) < 4.78 is 5.46. The van der Waals surface area contributed by atoms with E-state index in [4.69, 9.17) is 10.5 Å². The molecule has 2 rings (SSSR count). The van der Waals surface area contributed by atoms with E-state index in [1.54, 1.807) is 23.9 Å². The highest BCUT2D eigenvalue weighted by Crippen LogP contribution is 2.24. The van der Waals surface area contributed by atoms with Crippen LogP contribution >= 0.6 is 11.8 Å². The minimum absolute atomic E-state index is 0.109. The predicted octanol–water partition coefficient (Wildman–Crippen LogP) is 1.55. The number of para-hydroxylation sites is 1. The lowest BCUT2D eigenvalue weighted by Crippen LogP contribution is -2.52. The van der Waals surface area contributed by atoms with Crippen LogP contribution < -0.4 is 21.1 Å². The zero-order valence-corrected chi connectivity index (χ0v) is 16.1. The Bertz CT molecular complexity index is 570. The highest BCUT2D eigenvalue weighted by atomic mass is 32.2. The Morgan fingerprint density at radius 2 is 2.08 bits per heavy atom. The van der Waals surface area contributed by atoms with Crippen LogP contribution in [0.5, 0.6) is 5.75 Å². The summed E-state index contributed by atoms with van der Waals surface area (Å²) in [6, 6.07) is 8.72. The Morgan fingerprint density at radius 1 is 1.31 bits per heavy atom. The van der Waals surface area contributed by atoms with Crippen molar-refractivity contribution in [3.63, 3.8) is 0 Å². The minimum Gasteiger partial charge on any atom is -0.484 e. The zero-order valence-electron chi connectivity index (χ0n) is 15.3. The molecule has 3 unspecified atom stereocenters. The van der Waals surface area contributed by atoms with Crippen molar-refractivity contribution in [1.29, 1.82) is 0 Å². The third-order valence-electron chi connectivity index (χ3n) is 4.66. The number of carbonyl (C=O) groups excluding carboxylic acids is 2. The Labute approximate surface area is 159 Å². The molecular weight excluding hydrogens is 350 g/mol. The number of hydrogen-bond acceptors (Lipinski definition) is 5. The number of rotatable bonds is 10. The standard InChI is InChI=1S/C19H29N3O3S/c1-26-11-10-17(19(24)22-16-9-5-6-14(16)12-20)21-18(23)13-25-15-7-3-2-4-8-15/h2-4,7-8,14,16-17H,5-6,9-13,20H2,1H3,(H,21,23)(H,22,24). The van der Waals surface area contributed by atoms with Crippen LogP contribution in [0.1, 0.15) is 25.7 Å². The summed E-state index contributed by atoms with van der Waals surface area (Å²) in [5, 5.41) is 5.89. The summed E-state index contributed by atoms with van der Waals surface area (Å²) >= 11 is 1.65. The number of hydrogen-bond donors (Lipinski definition) is 3. The fourth-order valence-electron chi connectivity index (χ4n) is 3.20. The van der Waals surface area contributed by atoms with Gasteiger partial charge in [0.15, 0.2) is 6.61 Å². The first-order valence-electron chi connectivity index (χ1n) is 9.10. The Balaban J connectivity index is 1.86. The molecule has 0 bridgehead atoms. The van der Waals surface area contributed by atoms with Crippen molar-refractivity contribution in [2.24, 2.45) is 11.7 Å². The lowest BCUT2D eigenvalue weighted by atomic mass is 10.0. The highest BCUT2D eigenvalue weighted by Gasteiger charge is 2.30. The van der Waals surface area contributed by atoms with Crippen molar-refractivity contribution in [2.75, 3.05) is 25.2 Å². The van der Waals surface area contributed by atoms with Crippen LogP contribution in [0.4, 0.5) is 0 Å². The topological polar surface area (TPSA) is 93.4 Å². The molecule has 7 heteroatoms. The van der Waals surface area contributed by atoms with Crippen molar-refractivity contribution in [2.45, 2.75) is 37.8 Å². The molecule has 1 saturated carbocycles. The van der Waals surface area contributed by atoms with Gasteiger partial charge in [-0.1, -0.05) is 24.6 Å². The van der Waals surface area contributed by atoms with Crippen molar-refractivity contribution in [3.05, 3.63) is 30.3 Å². The van der Waals surface area contributed by atoms with Gasteiger partial charge in [0, 0.05) is 6.04 Å². The molecule has 0 radical (unpaired) electrons. The molecule has 1 aliphatic rings. The molecule has 6 nitrogen and oxygen atoms in total. The molecule has 1 fully saturated rings. The van der Waals surface area contributed by atoms with Gasteiger partial charge in [-0.3, -0.25) is 9.59 Å². The van der Waals surface area contributed by atoms with Crippen molar-refractivity contribution in [3.8, 4) is 5.75 Å². The first-order chi connectivity index (χ1) is 12.6. The molecule has 26 heavy (non-hydrogen) atoms. The Morgan fingerprint density at radius 3 is 2.77 bits per heavy atom. The summed E-state index contributed by atoms with van der Waals surface area (Å²) in [6.07, 6.45) is 5.66. The quantitative estimate of drug-likeness (QED) is 0.573. The lowest BCUT2D eigenvalue weighted by Gasteiger charge is -2.24. The molecule has 0 heterocycles. The predicted molar refractivity (Wildman–Crippen MR) is 105 cm³/mol. The summed E-state index contributed by atoms with van der Waals surface area (Å²) in [5.74, 6) is 1.33. The van der Waals surface area contributed by atoms with Gasteiger partial charge in [-0.25, -0.2) is 0 Å². The summed E-state index contributed by atoms with van der Waals surface area (Å²) in [5.41, 5.74) is 5.79. The van der Waals surface area contributed by atoms with Crippen LogP contribution in [0, 0.1) is 5.92 Å². The number of nitrogens with two attached hydrogens (primary N) is 1. The molecular formula is C19H29N3O3S. The first kappa shape index (κ1) is 20.6. The number of nitrogens with one attached hydrogen (secondary N) is 2. The lowest BCUT2D eigenvalue weighted by molar-refractivity contribution is -0.130. The second kappa shape index (κ2) is 11.1. The van der Waals surface area contributed by atoms with Gasteiger partial charge in [0.1, 0.15) is 11.8 Å². The molecule has 1 aliphatic carbocycles. The maximum Gasteiger partial charge on any atom is 0.258 e. The third kappa shape index (κ3) is 6.53. The maximum atomic E-state index is 12.7. The second-order valence-electron chi connectivity index (χ2n) is 6.55. The van der Waals surface area contributed by atoms with Gasteiger partial charge >= 0.3 is 0 Å². The van der Waals surface area contributed by atoms with Gasteiger partial charge < -0.3 is 21.1 Å². The van der Waals surface area contributed by atoms with E-state index >= 15 is 0 Å². The summed E-state index contributed by atoms with van der Waals surface area (Å²) in [6.45, 7) is 0.472. The molecule has 0 spiro atoms. The van der Waals surface area contributed by atoms with Crippen LogP contribution in [0.3, 0.4) is 0 Å². The number of benzene rings is 1. The molecule has 0 aromatic heterocycles. The van der Waals surface area contributed by atoms with Crippen LogP contribution in [0.25, 0.3) is 0 Å². The summed E-state index contributed by atoms with van der Waals surface area (Å²) in [4.78, 5) is 24.9. The molecule has 144 valence electrons. The molecule has 2 amide bonds. The average Bonchev–Trinajstić information content (AvgIpc) is 3.11. The highest BCUT2D eigenvalue weighted by molar-refractivity contribution is 7.98. The number of ether oxygens (including phenoxy) is 1. The molecule has 0 saturated heterocycles. The Hall–Kier alpha value is -1.73. The van der Waals surface area contributed by atoms with Gasteiger partial charge in [0.25, 0.3) is 5.91 Å². The normalized spacial score (nSPS) is 20.4. The number of carbonyl (C=O) groups is 2. The molecule has 1 aromatic rings. The minimum atomic E-state index is -0.548. The monoisotopic (exact) mass is 379 g/mol. The van der Waals surface area contributed by atoms with Crippen molar-refractivity contribution < 1.29 is 14.3 Å². The van der Waals surface area contributed by atoms with Crippen molar-refractivity contribution >= 4 is 23.6 Å². The molecule has 0 aliphatic heterocycles. The first-order valence-corrected chi connectivity index (χ1v) is 10.5. The van der Waals surface area contributed by atoms with E-state index in [1.807, 2.05) is 24.5 Å². The molecule has 3 atom stereocenters. The van der Waals surface area contributed by atoms with E-state index in [2.05, 4.69) is 10.6 Å². The number of thioether (sulfide) groups is 1. The average molecular weight is 380 g/mol. The fraction of sp³-hybridized carbons (Fsp3) is 0.579. The van der Waals surface area contributed by atoms with E-state index in [1.165, 1.54) is 0 Å². The third-order valence-corrected chi connectivity index (χ3v) is 5.31. The van der Waals surface area contributed by atoms with E-state index in [9.17, 15) is 9.59 Å². The molecule has 1 aromatic carbocycles. The van der Waals surface area contributed by atoms with Crippen molar-refractivity contribution in [1.82, 2.24) is 10.6 Å². The largest absolute Gasteiger partial charge is 0.484 e. The molecule has 4 N–H and O–H groups in total. The van der Waals surface area contributed by atoms with Gasteiger partial charge in [-0.15, -0.1) is 0 Å². The van der Waals surface area contributed by atoms with E-state index in [0.717, 1.165) is 25.0 Å². The van der Waals surface area contributed by atoms with Crippen LogP contribution in [0.2, 0.25) is 0 Å². The van der Waals surface area contributed by atoms with E-state index in [-0.39, 0.29) is 24.5 Å². The van der Waals surface area contributed by atoms with Gasteiger partial charge in [-0.2, -0.15) is 11.8 Å². The van der Waals surface area contributed by atoms with Gasteiger partial charge in [-0.05, 0) is 55.9 Å². The van der Waals surface area contributed by atoms with Crippen LogP contribution in [-0.4, -0.2) is 49.1 Å². The van der Waals surface area contributed by atoms with Crippen LogP contribution in [-0.2, 0) is 9.59 Å². The smallest absolute Gasteiger partial charge is 0.258 e.